The average Bonchev–Trinajstić information content (AvgIpc) is 2.97. The molecule has 2 fully saturated rings. The fourth-order valence-corrected chi connectivity index (χ4v) is 5.81. The number of halogens is 1. The van der Waals surface area contributed by atoms with Crippen molar-refractivity contribution < 1.29 is 33.4 Å². The van der Waals surface area contributed by atoms with Crippen LogP contribution in [-0.2, 0) is 23.8 Å². The molecule has 1 aliphatic heterocycles. The summed E-state index contributed by atoms with van der Waals surface area (Å²) in [5.41, 5.74) is 0.880. The molecule has 1 saturated carbocycles. The summed E-state index contributed by atoms with van der Waals surface area (Å²) in [5, 5.41) is 6.05. The third-order valence-corrected chi connectivity index (χ3v) is 7.82. The molecular weight excluding hydrogens is 538 g/mol. The van der Waals surface area contributed by atoms with Gasteiger partial charge in [-0.05, 0) is 49.8 Å². The van der Waals surface area contributed by atoms with E-state index in [9.17, 15) is 19.2 Å². The van der Waals surface area contributed by atoms with Crippen molar-refractivity contribution in [1.29, 1.82) is 0 Å². The van der Waals surface area contributed by atoms with Gasteiger partial charge in [-0.3, -0.25) is 4.79 Å². The quantitative estimate of drug-likeness (QED) is 0.210. The van der Waals surface area contributed by atoms with Crippen molar-refractivity contribution in [3.05, 3.63) is 34.9 Å². The van der Waals surface area contributed by atoms with Crippen molar-refractivity contribution in [1.82, 2.24) is 15.5 Å². The Kier molecular flexibility index (Phi) is 13.0. The Morgan fingerprint density at radius 3 is 2.58 bits per heavy atom. The molecule has 222 valence electrons. The zero-order valence-corrected chi connectivity index (χ0v) is 24.3. The Morgan fingerprint density at radius 2 is 1.88 bits per heavy atom. The molecule has 10 nitrogen and oxygen atoms in total. The van der Waals surface area contributed by atoms with Gasteiger partial charge >= 0.3 is 18.1 Å². The highest BCUT2D eigenvalue weighted by atomic mass is 35.5. The molecule has 40 heavy (non-hydrogen) atoms. The summed E-state index contributed by atoms with van der Waals surface area (Å²) in [6.45, 7) is 3.18. The van der Waals surface area contributed by atoms with Gasteiger partial charge in [0.05, 0.1) is 26.4 Å². The summed E-state index contributed by atoms with van der Waals surface area (Å²) >= 11 is 6.27. The lowest BCUT2D eigenvalue weighted by Crippen LogP contribution is -2.53. The molecule has 0 aromatic heterocycles. The van der Waals surface area contributed by atoms with Crippen LogP contribution in [0.25, 0.3) is 0 Å². The number of ketones is 1. The Bertz CT molecular complexity index is 1000. The maximum atomic E-state index is 13.4. The molecule has 3 rings (SSSR count). The predicted molar refractivity (Wildman–Crippen MR) is 150 cm³/mol. The Morgan fingerprint density at radius 1 is 1.10 bits per heavy atom. The van der Waals surface area contributed by atoms with Gasteiger partial charge in [0.15, 0.2) is 0 Å². The number of benzene rings is 1. The highest BCUT2D eigenvalue weighted by molar-refractivity contribution is 6.36. The van der Waals surface area contributed by atoms with E-state index in [0.29, 0.717) is 24.5 Å². The molecule has 2 N–H and O–H groups in total. The molecule has 1 aromatic rings. The lowest BCUT2D eigenvalue weighted by Gasteiger charge is -2.38. The lowest BCUT2D eigenvalue weighted by molar-refractivity contribution is -0.154. The van der Waals surface area contributed by atoms with Crippen molar-refractivity contribution >= 4 is 35.5 Å². The van der Waals surface area contributed by atoms with Crippen molar-refractivity contribution in [2.75, 3.05) is 40.0 Å². The van der Waals surface area contributed by atoms with Crippen LogP contribution in [0.15, 0.2) is 24.3 Å². The van der Waals surface area contributed by atoms with E-state index in [-0.39, 0.29) is 43.7 Å². The average molecular weight is 580 g/mol. The highest BCUT2D eigenvalue weighted by Gasteiger charge is 2.35. The van der Waals surface area contributed by atoms with Crippen LogP contribution in [0.4, 0.5) is 9.59 Å². The van der Waals surface area contributed by atoms with Gasteiger partial charge in [-0.15, -0.1) is 0 Å². The third-order valence-electron chi connectivity index (χ3n) is 7.59. The third kappa shape index (κ3) is 9.66. The number of carbonyl (C=O) groups is 4. The maximum Gasteiger partial charge on any atom is 0.406 e. The number of hydrogen-bond donors (Lipinski definition) is 2. The molecule has 11 heteroatoms. The zero-order valence-electron chi connectivity index (χ0n) is 23.5. The summed E-state index contributed by atoms with van der Waals surface area (Å²) in [5.74, 6) is -1.37. The van der Waals surface area contributed by atoms with Crippen LogP contribution >= 0.6 is 11.6 Å². The molecule has 3 atom stereocenters. The standard InChI is InChI=1S/C29H42ClN3O7/c1-3-39-27(35)25(34)24(17-20-9-5-4-6-10-20)32-28(36)33-15-8-12-22(19-33)26(21-11-7-13-23(30)18-21)40-16-14-31-29(37)38-2/h7,11,13,18,20,22,24,26H,3-6,8-10,12,14-17,19H2,1-2H3,(H,31,37)(H,32,36)/t22-,24+,26+/m1/s1. The second kappa shape index (κ2) is 16.4. The number of esters is 1. The smallest absolute Gasteiger partial charge is 0.406 e. The summed E-state index contributed by atoms with van der Waals surface area (Å²) in [4.78, 5) is 51.8. The highest BCUT2D eigenvalue weighted by Crippen LogP contribution is 2.34. The van der Waals surface area contributed by atoms with Crippen molar-refractivity contribution in [3.63, 3.8) is 0 Å². The molecule has 0 radical (unpaired) electrons. The minimum Gasteiger partial charge on any atom is -0.460 e. The number of ether oxygens (including phenoxy) is 3. The second-order valence-corrected chi connectivity index (χ2v) is 10.9. The van der Waals surface area contributed by atoms with Crippen molar-refractivity contribution in [2.24, 2.45) is 11.8 Å². The number of nitrogens with zero attached hydrogens (tertiary/aromatic N) is 1. The first kappa shape index (κ1) is 31.7. The normalized spacial score (nSPS) is 19.3. The number of rotatable bonds is 12. The predicted octanol–water partition coefficient (Wildman–Crippen LogP) is 4.65. The van der Waals surface area contributed by atoms with Crippen LogP contribution in [-0.4, -0.2) is 74.8 Å². The molecule has 0 spiro atoms. The number of urea groups is 1. The van der Waals surface area contributed by atoms with Gasteiger partial charge in [0.2, 0.25) is 0 Å². The second-order valence-electron chi connectivity index (χ2n) is 10.4. The Hall–Kier alpha value is -2.85. The number of alkyl carbamates (subject to hydrolysis) is 1. The van der Waals surface area contributed by atoms with Crippen molar-refractivity contribution in [2.45, 2.75) is 70.4 Å². The molecule has 2 aliphatic rings. The topological polar surface area (TPSA) is 123 Å². The maximum absolute atomic E-state index is 13.4. The van der Waals surface area contributed by atoms with Gasteiger partial charge in [-0.1, -0.05) is 55.8 Å². The first-order valence-corrected chi connectivity index (χ1v) is 14.6. The number of nitrogens with one attached hydrogen (secondary N) is 2. The SMILES string of the molecule is CCOC(=O)C(=O)[C@H](CC1CCCCC1)NC(=O)N1CCC[C@@H]([C@@H](OCCNC(=O)OC)c2cccc(Cl)c2)C1. The van der Waals surface area contributed by atoms with Crippen LogP contribution < -0.4 is 10.6 Å². The van der Waals surface area contributed by atoms with Crippen LogP contribution in [0.1, 0.15) is 70.0 Å². The fourth-order valence-electron chi connectivity index (χ4n) is 5.61. The summed E-state index contributed by atoms with van der Waals surface area (Å²) in [6, 6.07) is 6.12. The van der Waals surface area contributed by atoms with Gasteiger partial charge in [0, 0.05) is 30.6 Å². The summed E-state index contributed by atoms with van der Waals surface area (Å²) in [7, 11) is 1.30. The van der Waals surface area contributed by atoms with E-state index < -0.39 is 23.9 Å². The fraction of sp³-hybridized carbons (Fsp3) is 0.655. The van der Waals surface area contributed by atoms with Crippen LogP contribution in [0, 0.1) is 11.8 Å². The molecule has 1 aromatic carbocycles. The van der Waals surface area contributed by atoms with E-state index >= 15 is 0 Å². The zero-order chi connectivity index (χ0) is 28.9. The minimum absolute atomic E-state index is 0.0475. The molecule has 0 unspecified atom stereocenters. The van der Waals surface area contributed by atoms with Crippen molar-refractivity contribution in [3.8, 4) is 0 Å². The first-order valence-electron chi connectivity index (χ1n) is 14.3. The Labute approximate surface area is 241 Å². The Balaban J connectivity index is 1.69. The number of methoxy groups -OCH3 is 1. The van der Waals surface area contributed by atoms with Gasteiger partial charge in [0.1, 0.15) is 6.04 Å². The molecular formula is C29H42ClN3O7. The number of piperidine rings is 1. The number of likely N-dealkylation sites (tertiary alicyclic amines) is 1. The van der Waals surface area contributed by atoms with E-state index in [1.54, 1.807) is 17.9 Å². The monoisotopic (exact) mass is 579 g/mol. The molecule has 1 aliphatic carbocycles. The van der Waals surface area contributed by atoms with Gasteiger partial charge < -0.3 is 29.7 Å². The number of carbonyl (C=O) groups excluding carboxylic acids is 4. The van der Waals surface area contributed by atoms with E-state index in [1.165, 1.54) is 13.5 Å². The molecule has 1 heterocycles. The number of Topliss-reactive ketones (excluding diaryl/α,β-unsaturated/α-hetero) is 1. The largest absolute Gasteiger partial charge is 0.460 e. The first-order chi connectivity index (χ1) is 19.3. The molecule has 0 bridgehead atoms. The lowest BCUT2D eigenvalue weighted by atomic mass is 9.84. The molecule has 1 saturated heterocycles. The van der Waals surface area contributed by atoms with E-state index in [4.69, 9.17) is 21.1 Å². The minimum atomic E-state index is -0.917. The van der Waals surface area contributed by atoms with Gasteiger partial charge in [-0.2, -0.15) is 0 Å². The number of hydrogen-bond acceptors (Lipinski definition) is 7. The van der Waals surface area contributed by atoms with E-state index in [0.717, 1.165) is 44.1 Å². The summed E-state index contributed by atoms with van der Waals surface area (Å²) < 4.78 is 15.8. The van der Waals surface area contributed by atoms with Crippen LogP contribution in [0.2, 0.25) is 5.02 Å². The number of amides is 3. The van der Waals surface area contributed by atoms with Crippen LogP contribution in [0.5, 0.6) is 0 Å². The molecule has 3 amide bonds. The van der Waals surface area contributed by atoms with Gasteiger partial charge in [-0.25, -0.2) is 14.4 Å². The van der Waals surface area contributed by atoms with Gasteiger partial charge in [0.25, 0.3) is 5.78 Å². The van der Waals surface area contributed by atoms with E-state index in [2.05, 4.69) is 15.4 Å². The van der Waals surface area contributed by atoms with E-state index in [1.807, 2.05) is 18.2 Å². The summed E-state index contributed by atoms with van der Waals surface area (Å²) in [6.07, 6.45) is 6.41. The van der Waals surface area contributed by atoms with Crippen LogP contribution in [0.3, 0.4) is 0 Å².